The van der Waals surface area contributed by atoms with Crippen molar-refractivity contribution in [3.05, 3.63) is 80.4 Å². The van der Waals surface area contributed by atoms with Crippen LogP contribution < -0.4 is 4.74 Å². The van der Waals surface area contributed by atoms with Gasteiger partial charge in [-0.05, 0) is 70.9 Å². The van der Waals surface area contributed by atoms with Gasteiger partial charge in [0.1, 0.15) is 23.9 Å². The van der Waals surface area contributed by atoms with Crippen molar-refractivity contribution in [1.82, 2.24) is 0 Å². The number of aryl methyl sites for hydroxylation is 1. The minimum Gasteiger partial charge on any atom is -0.484 e. The largest absolute Gasteiger partial charge is 0.484 e. The molecule has 0 N–H and O–H groups in total. The Morgan fingerprint density at radius 2 is 2.04 bits per heavy atom. The molecule has 2 heterocycles. The van der Waals surface area contributed by atoms with Gasteiger partial charge in [0, 0.05) is 4.88 Å². The van der Waals surface area contributed by atoms with Gasteiger partial charge in [0.05, 0.1) is 9.35 Å². The van der Waals surface area contributed by atoms with E-state index in [0.29, 0.717) is 18.1 Å². The van der Waals surface area contributed by atoms with Crippen LogP contribution in [0.15, 0.2) is 63.5 Å². The molecule has 0 fully saturated rings. The molecule has 0 amide bonds. The zero-order chi connectivity index (χ0) is 17.6. The molecule has 2 aromatic heterocycles. The van der Waals surface area contributed by atoms with Crippen molar-refractivity contribution in [2.45, 2.75) is 20.0 Å². The van der Waals surface area contributed by atoms with E-state index in [0.717, 1.165) is 21.5 Å². The van der Waals surface area contributed by atoms with Crippen molar-refractivity contribution in [3.63, 3.8) is 0 Å². The van der Waals surface area contributed by atoms with Crippen LogP contribution in [0.3, 0.4) is 0 Å². The molecule has 128 valence electrons. The third-order valence-electron chi connectivity index (χ3n) is 3.54. The first-order valence-electron chi connectivity index (χ1n) is 7.93. The second kappa shape index (κ2) is 8.32. The molecular weight excluding hydrogens is 400 g/mol. The van der Waals surface area contributed by atoms with Crippen molar-refractivity contribution in [1.29, 1.82) is 0 Å². The maximum atomic E-state index is 12.2. The van der Waals surface area contributed by atoms with Crippen molar-refractivity contribution < 1.29 is 13.9 Å². The Morgan fingerprint density at radius 3 is 2.80 bits per heavy atom. The fourth-order valence-electron chi connectivity index (χ4n) is 2.21. The first-order chi connectivity index (χ1) is 12.2. The molecule has 0 unspecified atom stereocenters. The van der Waals surface area contributed by atoms with Crippen LogP contribution in [-0.4, -0.2) is 5.78 Å². The molecule has 3 aromatic rings. The standard InChI is InChI=1S/C20H17BrO3S/c1-2-16-10-12-20(25-16)18(22)11-9-14-7-8-15(24-14)13-23-19-6-4-3-5-17(19)21/h3-12H,2,13H2,1H3/b11-9+. The lowest BCUT2D eigenvalue weighted by Crippen LogP contribution is -1.94. The van der Waals surface area contributed by atoms with Gasteiger partial charge in [-0.2, -0.15) is 0 Å². The Hall–Kier alpha value is -2.11. The summed E-state index contributed by atoms with van der Waals surface area (Å²) in [5.74, 6) is 2.08. The molecule has 3 rings (SSSR count). The number of carbonyl (C=O) groups excluding carboxylic acids is 1. The average Bonchev–Trinajstić information content (AvgIpc) is 3.28. The second-order valence-electron chi connectivity index (χ2n) is 5.34. The molecule has 25 heavy (non-hydrogen) atoms. The minimum atomic E-state index is -0.00730. The van der Waals surface area contributed by atoms with Gasteiger partial charge < -0.3 is 9.15 Å². The molecule has 0 aliphatic heterocycles. The Balaban J connectivity index is 1.59. The predicted octanol–water partition coefficient (Wildman–Crippen LogP) is 6.14. The molecule has 0 aliphatic rings. The summed E-state index contributed by atoms with van der Waals surface area (Å²) < 4.78 is 12.3. The molecule has 0 saturated heterocycles. The number of allylic oxidation sites excluding steroid dienone is 1. The van der Waals surface area contributed by atoms with Gasteiger partial charge >= 0.3 is 0 Å². The molecule has 0 aliphatic carbocycles. The van der Waals surface area contributed by atoms with Crippen LogP contribution in [0.25, 0.3) is 6.08 Å². The molecule has 0 bridgehead atoms. The maximum absolute atomic E-state index is 12.2. The number of thiophene rings is 1. The summed E-state index contributed by atoms with van der Waals surface area (Å²) in [7, 11) is 0. The predicted molar refractivity (Wildman–Crippen MR) is 104 cm³/mol. The molecule has 1 aromatic carbocycles. The fourth-order valence-corrected chi connectivity index (χ4v) is 3.48. The Bertz CT molecular complexity index is 892. The number of rotatable bonds is 7. The number of ether oxygens (including phenoxy) is 1. The number of hydrogen-bond donors (Lipinski definition) is 0. The van der Waals surface area contributed by atoms with Crippen LogP contribution in [0.2, 0.25) is 0 Å². The lowest BCUT2D eigenvalue weighted by atomic mass is 10.2. The summed E-state index contributed by atoms with van der Waals surface area (Å²) in [5.41, 5.74) is 0. The Labute approximate surface area is 159 Å². The van der Waals surface area contributed by atoms with Gasteiger partial charge in [-0.1, -0.05) is 19.1 Å². The minimum absolute atomic E-state index is 0.00730. The highest BCUT2D eigenvalue weighted by Crippen LogP contribution is 2.25. The van der Waals surface area contributed by atoms with E-state index >= 15 is 0 Å². The smallest absolute Gasteiger partial charge is 0.195 e. The topological polar surface area (TPSA) is 39.4 Å². The Morgan fingerprint density at radius 1 is 1.20 bits per heavy atom. The van der Waals surface area contributed by atoms with Crippen LogP contribution >= 0.6 is 27.3 Å². The molecule has 0 atom stereocenters. The van der Waals surface area contributed by atoms with Crippen molar-refractivity contribution in [3.8, 4) is 5.75 Å². The first-order valence-corrected chi connectivity index (χ1v) is 9.54. The van der Waals surface area contributed by atoms with E-state index in [-0.39, 0.29) is 5.78 Å². The van der Waals surface area contributed by atoms with E-state index in [1.54, 1.807) is 12.2 Å². The van der Waals surface area contributed by atoms with Crippen molar-refractivity contribution in [2.75, 3.05) is 0 Å². The van der Waals surface area contributed by atoms with Crippen LogP contribution in [0.5, 0.6) is 5.75 Å². The summed E-state index contributed by atoms with van der Waals surface area (Å²) in [5, 5.41) is 0. The van der Waals surface area contributed by atoms with Gasteiger partial charge in [-0.15, -0.1) is 11.3 Å². The third kappa shape index (κ3) is 4.71. The summed E-state index contributed by atoms with van der Waals surface area (Å²) in [6, 6.07) is 15.2. The van der Waals surface area contributed by atoms with E-state index in [1.165, 1.54) is 16.2 Å². The highest BCUT2D eigenvalue weighted by Gasteiger charge is 2.07. The maximum Gasteiger partial charge on any atom is 0.195 e. The van der Waals surface area contributed by atoms with Gasteiger partial charge in [-0.25, -0.2) is 0 Å². The molecular formula is C20H17BrO3S. The van der Waals surface area contributed by atoms with Gasteiger partial charge in [0.15, 0.2) is 5.78 Å². The SMILES string of the molecule is CCc1ccc(C(=O)/C=C/c2ccc(COc3ccccc3Br)o2)s1. The third-order valence-corrected chi connectivity index (χ3v) is 5.44. The van der Waals surface area contributed by atoms with Crippen LogP contribution in [-0.2, 0) is 13.0 Å². The van der Waals surface area contributed by atoms with E-state index in [9.17, 15) is 4.79 Å². The first kappa shape index (κ1) is 17.7. The summed E-state index contributed by atoms with van der Waals surface area (Å²) >= 11 is 4.97. The highest BCUT2D eigenvalue weighted by atomic mass is 79.9. The number of furan rings is 1. The lowest BCUT2D eigenvalue weighted by Gasteiger charge is -2.05. The highest BCUT2D eigenvalue weighted by molar-refractivity contribution is 9.10. The van der Waals surface area contributed by atoms with Gasteiger partial charge in [0.25, 0.3) is 0 Å². The normalized spacial score (nSPS) is 11.1. The molecule has 5 heteroatoms. The number of carbonyl (C=O) groups is 1. The van der Waals surface area contributed by atoms with E-state index in [2.05, 4.69) is 22.9 Å². The number of para-hydroxylation sites is 1. The summed E-state index contributed by atoms with van der Waals surface area (Å²) in [6.45, 7) is 2.41. The molecule has 0 spiro atoms. The zero-order valence-electron chi connectivity index (χ0n) is 13.7. The number of ketones is 1. The lowest BCUT2D eigenvalue weighted by molar-refractivity contribution is 0.105. The fraction of sp³-hybridized carbons (Fsp3) is 0.150. The monoisotopic (exact) mass is 416 g/mol. The van der Waals surface area contributed by atoms with Gasteiger partial charge in [-0.3, -0.25) is 4.79 Å². The van der Waals surface area contributed by atoms with E-state index in [4.69, 9.17) is 9.15 Å². The quantitative estimate of drug-likeness (QED) is 0.342. The van der Waals surface area contributed by atoms with E-state index in [1.807, 2.05) is 48.5 Å². The zero-order valence-corrected chi connectivity index (χ0v) is 16.1. The Kier molecular flexibility index (Phi) is 5.89. The molecule has 3 nitrogen and oxygen atoms in total. The second-order valence-corrected chi connectivity index (χ2v) is 7.36. The summed E-state index contributed by atoms with van der Waals surface area (Å²) in [6.07, 6.45) is 4.18. The van der Waals surface area contributed by atoms with Crippen molar-refractivity contribution >= 4 is 39.1 Å². The molecule has 0 saturated carbocycles. The summed E-state index contributed by atoms with van der Waals surface area (Å²) in [4.78, 5) is 14.1. The molecule has 0 radical (unpaired) electrons. The number of halogens is 1. The average molecular weight is 417 g/mol. The number of hydrogen-bond acceptors (Lipinski definition) is 4. The number of benzene rings is 1. The van der Waals surface area contributed by atoms with Crippen molar-refractivity contribution in [2.24, 2.45) is 0 Å². The van der Waals surface area contributed by atoms with Crippen LogP contribution in [0.4, 0.5) is 0 Å². The van der Waals surface area contributed by atoms with Crippen LogP contribution in [0, 0.1) is 0 Å². The van der Waals surface area contributed by atoms with E-state index < -0.39 is 0 Å². The van der Waals surface area contributed by atoms with Crippen LogP contribution in [0.1, 0.15) is 33.0 Å². The van der Waals surface area contributed by atoms with Gasteiger partial charge in [0.2, 0.25) is 0 Å².